The number of hydrogen-bond acceptors (Lipinski definition) is 2. The molecule has 20 heavy (non-hydrogen) atoms. The number of imidazole rings is 1. The summed E-state index contributed by atoms with van der Waals surface area (Å²) in [5, 5.41) is 0.537. The molecule has 0 aliphatic carbocycles. The number of benzene rings is 2. The molecule has 3 nitrogen and oxygen atoms in total. The second-order valence-electron chi connectivity index (χ2n) is 4.13. The molecule has 2 N–H and O–H groups in total. The van der Waals surface area contributed by atoms with E-state index in [2.05, 4.69) is 4.98 Å². The number of nitrogen functional groups attached to an aromatic ring is 1. The van der Waals surface area contributed by atoms with Crippen LogP contribution < -0.4 is 5.73 Å². The number of para-hydroxylation sites is 1. The highest BCUT2D eigenvalue weighted by Crippen LogP contribution is 2.32. The monoisotopic (exact) mass is 313 g/mol. The fraction of sp³-hybridized carbons (Fsp3) is 0. The van der Waals surface area contributed by atoms with Crippen molar-refractivity contribution in [3.63, 3.8) is 0 Å². The van der Waals surface area contributed by atoms with Gasteiger partial charge in [0.05, 0.1) is 21.1 Å². The lowest BCUT2D eigenvalue weighted by Gasteiger charge is -2.09. The summed E-state index contributed by atoms with van der Waals surface area (Å²) in [6, 6.07) is 6.51. The molecule has 1 aromatic heterocycles. The molecule has 0 unspecified atom stereocenters. The highest BCUT2D eigenvalue weighted by molar-refractivity contribution is 6.42. The lowest BCUT2D eigenvalue weighted by molar-refractivity contribution is 0.572. The topological polar surface area (TPSA) is 43.8 Å². The van der Waals surface area contributed by atoms with Gasteiger partial charge in [-0.15, -0.1) is 0 Å². The number of aromatic nitrogens is 2. The fourth-order valence-corrected chi connectivity index (χ4v) is 2.34. The Bertz CT molecular complexity index is 810. The molecule has 0 atom stereocenters. The zero-order valence-corrected chi connectivity index (χ0v) is 11.4. The van der Waals surface area contributed by atoms with Crippen LogP contribution in [0, 0.1) is 11.6 Å². The smallest absolute Gasteiger partial charge is 0.206 e. The molecule has 3 rings (SSSR count). The Labute approximate surface area is 122 Å². The zero-order valence-electron chi connectivity index (χ0n) is 9.87. The fourth-order valence-electron chi connectivity index (χ4n) is 2.03. The van der Waals surface area contributed by atoms with Crippen molar-refractivity contribution in [3.8, 4) is 5.69 Å². The van der Waals surface area contributed by atoms with E-state index in [9.17, 15) is 8.78 Å². The van der Waals surface area contributed by atoms with Gasteiger partial charge in [0.1, 0.15) is 17.3 Å². The van der Waals surface area contributed by atoms with Crippen LogP contribution in [0.3, 0.4) is 0 Å². The van der Waals surface area contributed by atoms with Crippen molar-refractivity contribution in [3.05, 3.63) is 52.0 Å². The van der Waals surface area contributed by atoms with Crippen molar-refractivity contribution in [2.45, 2.75) is 0 Å². The number of fused-ring (bicyclic) bond motifs is 1. The van der Waals surface area contributed by atoms with Gasteiger partial charge >= 0.3 is 0 Å². The van der Waals surface area contributed by atoms with Crippen LogP contribution in [0.25, 0.3) is 16.7 Å². The molecule has 0 saturated heterocycles. The van der Waals surface area contributed by atoms with Crippen LogP contribution in [-0.2, 0) is 0 Å². The number of hydrogen-bond donors (Lipinski definition) is 1. The van der Waals surface area contributed by atoms with Gasteiger partial charge in [-0.05, 0) is 24.3 Å². The van der Waals surface area contributed by atoms with Crippen molar-refractivity contribution in [2.75, 3.05) is 5.73 Å². The van der Waals surface area contributed by atoms with E-state index in [-0.39, 0.29) is 21.7 Å². The molecule has 0 spiro atoms. The average Bonchev–Trinajstić information content (AvgIpc) is 2.67. The summed E-state index contributed by atoms with van der Waals surface area (Å²) >= 11 is 11.8. The lowest BCUT2D eigenvalue weighted by atomic mass is 10.2. The Morgan fingerprint density at radius 3 is 2.30 bits per heavy atom. The van der Waals surface area contributed by atoms with Crippen LogP contribution in [0.1, 0.15) is 0 Å². The molecular weight excluding hydrogens is 307 g/mol. The first-order valence-electron chi connectivity index (χ1n) is 5.56. The van der Waals surface area contributed by atoms with E-state index >= 15 is 0 Å². The standard InChI is InChI=1S/C13H7Cl2F2N3/c14-6-4-10-11(5-7(6)15)20(13(18)19-10)12-8(16)2-1-3-9(12)17/h1-5H,(H2,18,19). The van der Waals surface area contributed by atoms with E-state index in [0.29, 0.717) is 11.0 Å². The second-order valence-corrected chi connectivity index (χ2v) is 4.95. The molecule has 102 valence electrons. The molecule has 0 bridgehead atoms. The van der Waals surface area contributed by atoms with Crippen LogP contribution in [0.2, 0.25) is 10.0 Å². The number of nitrogens with zero attached hydrogens (tertiary/aromatic N) is 2. The van der Waals surface area contributed by atoms with Gasteiger partial charge in [0.2, 0.25) is 5.95 Å². The highest BCUT2D eigenvalue weighted by atomic mass is 35.5. The molecule has 7 heteroatoms. The predicted octanol–water partition coefficient (Wildman–Crippen LogP) is 4.19. The Kier molecular flexibility index (Phi) is 3.03. The van der Waals surface area contributed by atoms with E-state index in [1.165, 1.54) is 22.8 Å². The van der Waals surface area contributed by atoms with Crippen LogP contribution >= 0.6 is 23.2 Å². The Balaban J connectivity index is 2.42. The predicted molar refractivity (Wildman–Crippen MR) is 75.4 cm³/mol. The summed E-state index contributed by atoms with van der Waals surface area (Å²) in [4.78, 5) is 4.04. The van der Waals surface area contributed by atoms with Crippen molar-refractivity contribution in [2.24, 2.45) is 0 Å². The molecule has 0 fully saturated rings. The SMILES string of the molecule is Nc1nc2cc(Cl)c(Cl)cc2n1-c1c(F)cccc1F. The molecule has 0 aliphatic heterocycles. The maximum atomic E-state index is 13.9. The van der Waals surface area contributed by atoms with Crippen molar-refractivity contribution < 1.29 is 8.78 Å². The minimum Gasteiger partial charge on any atom is -0.369 e. The summed E-state index contributed by atoms with van der Waals surface area (Å²) < 4.78 is 29.0. The Morgan fingerprint density at radius 1 is 1.05 bits per heavy atom. The third-order valence-corrected chi connectivity index (χ3v) is 3.61. The molecule has 0 aliphatic rings. The molecule has 2 aromatic carbocycles. The number of rotatable bonds is 1. The van der Waals surface area contributed by atoms with Crippen molar-refractivity contribution >= 4 is 40.2 Å². The van der Waals surface area contributed by atoms with E-state index in [4.69, 9.17) is 28.9 Å². The third kappa shape index (κ3) is 1.90. The average molecular weight is 314 g/mol. The molecule has 0 amide bonds. The van der Waals surface area contributed by atoms with Gasteiger partial charge in [-0.3, -0.25) is 4.57 Å². The molecular formula is C13H7Cl2F2N3. The van der Waals surface area contributed by atoms with E-state index in [0.717, 1.165) is 12.1 Å². The first-order valence-corrected chi connectivity index (χ1v) is 6.32. The van der Waals surface area contributed by atoms with Crippen LogP contribution in [-0.4, -0.2) is 9.55 Å². The minimum absolute atomic E-state index is 0.0534. The van der Waals surface area contributed by atoms with Crippen molar-refractivity contribution in [1.82, 2.24) is 9.55 Å². The van der Waals surface area contributed by atoms with Crippen molar-refractivity contribution in [1.29, 1.82) is 0 Å². The lowest BCUT2D eigenvalue weighted by Crippen LogP contribution is -2.05. The van der Waals surface area contributed by atoms with Gasteiger partial charge in [0.25, 0.3) is 0 Å². The van der Waals surface area contributed by atoms with Gasteiger partial charge in [-0.2, -0.15) is 0 Å². The van der Waals surface area contributed by atoms with E-state index in [1.807, 2.05) is 0 Å². The maximum Gasteiger partial charge on any atom is 0.206 e. The number of anilines is 1. The largest absolute Gasteiger partial charge is 0.369 e. The van der Waals surface area contributed by atoms with Gasteiger partial charge < -0.3 is 5.73 Å². The van der Waals surface area contributed by atoms with Gasteiger partial charge in [0, 0.05) is 0 Å². The Hall–Kier alpha value is -1.85. The quantitative estimate of drug-likeness (QED) is 0.732. The van der Waals surface area contributed by atoms with Crippen LogP contribution in [0.15, 0.2) is 30.3 Å². The molecule has 3 aromatic rings. The van der Waals surface area contributed by atoms with Gasteiger partial charge in [-0.1, -0.05) is 29.3 Å². The van der Waals surface area contributed by atoms with E-state index in [1.54, 1.807) is 0 Å². The summed E-state index contributed by atoms with van der Waals surface area (Å²) in [7, 11) is 0. The summed E-state index contributed by atoms with van der Waals surface area (Å²) in [5.41, 5.74) is 6.23. The summed E-state index contributed by atoms with van der Waals surface area (Å²) in [5.74, 6) is -1.55. The van der Waals surface area contributed by atoms with Gasteiger partial charge in [-0.25, -0.2) is 13.8 Å². The number of halogens is 4. The summed E-state index contributed by atoms with van der Waals surface area (Å²) in [6.07, 6.45) is 0. The Morgan fingerprint density at radius 2 is 1.65 bits per heavy atom. The normalized spacial score (nSPS) is 11.2. The second kappa shape index (κ2) is 4.61. The molecule has 0 radical (unpaired) electrons. The minimum atomic E-state index is -0.748. The van der Waals surface area contributed by atoms with Crippen LogP contribution in [0.4, 0.5) is 14.7 Å². The zero-order chi connectivity index (χ0) is 14.4. The number of nitrogens with two attached hydrogens (primary N) is 1. The first kappa shape index (κ1) is 13.1. The maximum absolute atomic E-state index is 13.9. The van der Waals surface area contributed by atoms with Crippen LogP contribution in [0.5, 0.6) is 0 Å². The molecule has 0 saturated carbocycles. The summed E-state index contributed by atoms with van der Waals surface area (Å²) in [6.45, 7) is 0. The van der Waals surface area contributed by atoms with Gasteiger partial charge in [0.15, 0.2) is 0 Å². The first-order chi connectivity index (χ1) is 9.49. The highest BCUT2D eigenvalue weighted by Gasteiger charge is 2.18. The molecule has 1 heterocycles. The third-order valence-electron chi connectivity index (χ3n) is 2.88. The van der Waals surface area contributed by atoms with E-state index < -0.39 is 11.6 Å².